The van der Waals surface area contributed by atoms with Crippen LogP contribution in [0.3, 0.4) is 0 Å². The van der Waals surface area contributed by atoms with Gasteiger partial charge in [0.25, 0.3) is 5.91 Å². The summed E-state index contributed by atoms with van der Waals surface area (Å²) in [6.07, 6.45) is 2.35. The molecule has 24 heavy (non-hydrogen) atoms. The Morgan fingerprint density at radius 1 is 1.21 bits per heavy atom. The zero-order valence-electron chi connectivity index (χ0n) is 13.7. The van der Waals surface area contributed by atoms with Crippen LogP contribution in [0.4, 0.5) is 0 Å². The number of benzene rings is 1. The third-order valence-corrected chi connectivity index (χ3v) is 3.63. The smallest absolute Gasteiger partial charge is 0.251 e. The van der Waals surface area contributed by atoms with E-state index < -0.39 is 18.3 Å². The highest BCUT2D eigenvalue weighted by Gasteiger charge is 2.17. The van der Waals surface area contributed by atoms with E-state index in [9.17, 15) is 15.0 Å². The highest BCUT2D eigenvalue weighted by atomic mass is 16.3. The van der Waals surface area contributed by atoms with E-state index in [-0.39, 0.29) is 12.5 Å². The molecule has 0 saturated carbocycles. The van der Waals surface area contributed by atoms with Crippen LogP contribution in [0.5, 0.6) is 0 Å². The second-order valence-corrected chi connectivity index (χ2v) is 6.15. The lowest BCUT2D eigenvalue weighted by Crippen LogP contribution is -2.33. The summed E-state index contributed by atoms with van der Waals surface area (Å²) < 4.78 is 0. The first-order valence-electron chi connectivity index (χ1n) is 7.66. The number of amides is 1. The van der Waals surface area contributed by atoms with E-state index in [2.05, 4.69) is 10.3 Å². The molecule has 0 spiro atoms. The molecule has 0 fully saturated rings. The number of hydrogen-bond donors (Lipinski definition) is 4. The Balaban J connectivity index is 2.13. The van der Waals surface area contributed by atoms with Gasteiger partial charge in [0.05, 0.1) is 18.3 Å². The van der Waals surface area contributed by atoms with Crippen molar-refractivity contribution in [3.63, 3.8) is 0 Å². The van der Waals surface area contributed by atoms with E-state index in [4.69, 9.17) is 5.11 Å². The monoisotopic (exact) mass is 330 g/mol. The third kappa shape index (κ3) is 4.61. The van der Waals surface area contributed by atoms with Crippen LogP contribution < -0.4 is 5.32 Å². The fourth-order valence-corrected chi connectivity index (χ4v) is 2.12. The van der Waals surface area contributed by atoms with Crippen LogP contribution in [0, 0.1) is 0 Å². The van der Waals surface area contributed by atoms with Crippen LogP contribution in [0.25, 0.3) is 11.1 Å². The molecule has 0 bridgehead atoms. The molecular weight excluding hydrogens is 308 g/mol. The number of nitrogens with zero attached hydrogens (tertiary/aromatic N) is 1. The lowest BCUT2D eigenvalue weighted by atomic mass is 9.96. The second kappa shape index (κ2) is 7.53. The van der Waals surface area contributed by atoms with E-state index in [1.165, 1.54) is 0 Å². The van der Waals surface area contributed by atoms with Gasteiger partial charge in [-0.2, -0.15) is 0 Å². The van der Waals surface area contributed by atoms with Gasteiger partial charge in [-0.1, -0.05) is 12.1 Å². The Labute approximate surface area is 140 Å². The Morgan fingerprint density at radius 2 is 1.88 bits per heavy atom. The Hall–Kier alpha value is -2.28. The number of nitrogens with one attached hydrogen (secondary N) is 1. The number of aromatic nitrogens is 1. The average molecular weight is 330 g/mol. The fourth-order valence-electron chi connectivity index (χ4n) is 2.12. The molecule has 0 aliphatic rings. The van der Waals surface area contributed by atoms with E-state index >= 15 is 0 Å². The molecular formula is C18H22N2O4. The molecule has 0 saturated heterocycles. The van der Waals surface area contributed by atoms with Crippen LogP contribution in [0.15, 0.2) is 42.7 Å². The van der Waals surface area contributed by atoms with Gasteiger partial charge in [0.2, 0.25) is 0 Å². The summed E-state index contributed by atoms with van der Waals surface area (Å²) in [5.74, 6) is -0.322. The molecule has 1 atom stereocenters. The molecule has 1 aromatic heterocycles. The fraction of sp³-hybridized carbons (Fsp3) is 0.333. The summed E-state index contributed by atoms with van der Waals surface area (Å²) in [5, 5.41) is 30.6. The minimum atomic E-state index is -0.976. The molecule has 128 valence electrons. The van der Waals surface area contributed by atoms with Crippen molar-refractivity contribution in [1.29, 1.82) is 0 Å². The number of aliphatic hydroxyl groups is 3. The number of carbonyl (C=O) groups is 1. The van der Waals surface area contributed by atoms with Crippen molar-refractivity contribution < 1.29 is 20.1 Å². The standard InChI is InChI=1S/C18H22N2O4/c1-18(2,24)15-7-14(8-19-9-15)12-3-5-13(6-4-12)17(23)20-10-16(22)11-21/h3-9,16,21-22,24H,10-11H2,1-2H3,(H,20,23)/t16-/m1/s1. The van der Waals surface area contributed by atoms with E-state index in [1.54, 1.807) is 50.5 Å². The molecule has 0 radical (unpaired) electrons. The van der Waals surface area contributed by atoms with Gasteiger partial charge in [0.1, 0.15) is 0 Å². The van der Waals surface area contributed by atoms with E-state index in [0.717, 1.165) is 11.1 Å². The number of carbonyl (C=O) groups excluding carboxylic acids is 1. The SMILES string of the molecule is CC(C)(O)c1cncc(-c2ccc(C(=O)NC[C@@H](O)CO)cc2)c1. The summed E-state index contributed by atoms with van der Waals surface area (Å²) >= 11 is 0. The summed E-state index contributed by atoms with van der Waals surface area (Å²) in [6, 6.07) is 8.80. The van der Waals surface area contributed by atoms with Crippen molar-refractivity contribution >= 4 is 5.91 Å². The minimum absolute atomic E-state index is 0.00532. The van der Waals surface area contributed by atoms with E-state index in [0.29, 0.717) is 11.1 Å². The van der Waals surface area contributed by atoms with Gasteiger partial charge >= 0.3 is 0 Å². The summed E-state index contributed by atoms with van der Waals surface area (Å²) in [7, 11) is 0. The lowest BCUT2D eigenvalue weighted by molar-refractivity contribution is 0.0782. The second-order valence-electron chi connectivity index (χ2n) is 6.15. The minimum Gasteiger partial charge on any atom is -0.394 e. The highest BCUT2D eigenvalue weighted by Crippen LogP contribution is 2.25. The predicted molar refractivity (Wildman–Crippen MR) is 90.3 cm³/mol. The van der Waals surface area contributed by atoms with Crippen molar-refractivity contribution in [2.24, 2.45) is 0 Å². The molecule has 2 aromatic rings. The normalized spacial score (nSPS) is 12.7. The van der Waals surface area contributed by atoms with Crippen molar-refractivity contribution in [1.82, 2.24) is 10.3 Å². The molecule has 0 aliphatic carbocycles. The Kier molecular flexibility index (Phi) is 5.66. The maximum atomic E-state index is 11.9. The van der Waals surface area contributed by atoms with Gasteiger partial charge in [0, 0.05) is 35.6 Å². The third-order valence-electron chi connectivity index (χ3n) is 3.63. The van der Waals surface area contributed by atoms with E-state index in [1.807, 2.05) is 6.07 Å². The van der Waals surface area contributed by atoms with Gasteiger partial charge < -0.3 is 20.6 Å². The Morgan fingerprint density at radius 3 is 2.46 bits per heavy atom. The topological polar surface area (TPSA) is 103 Å². The van der Waals surface area contributed by atoms with Gasteiger partial charge in [-0.25, -0.2) is 0 Å². The predicted octanol–water partition coefficient (Wildman–Crippen LogP) is 1.06. The molecule has 2 rings (SSSR count). The largest absolute Gasteiger partial charge is 0.394 e. The van der Waals surface area contributed by atoms with Crippen LogP contribution in [0.1, 0.15) is 29.8 Å². The number of pyridine rings is 1. The van der Waals surface area contributed by atoms with Crippen LogP contribution in [-0.4, -0.2) is 45.5 Å². The molecule has 1 heterocycles. The molecule has 6 nitrogen and oxygen atoms in total. The molecule has 1 amide bonds. The Bertz CT molecular complexity index is 693. The van der Waals surface area contributed by atoms with Crippen molar-refractivity contribution in [2.45, 2.75) is 25.6 Å². The van der Waals surface area contributed by atoms with Crippen molar-refractivity contribution in [2.75, 3.05) is 13.2 Å². The quantitative estimate of drug-likeness (QED) is 0.634. The van der Waals surface area contributed by atoms with Gasteiger partial charge in [0.15, 0.2) is 0 Å². The molecule has 0 aliphatic heterocycles. The molecule has 1 aromatic carbocycles. The van der Waals surface area contributed by atoms with Crippen LogP contribution in [0.2, 0.25) is 0 Å². The first-order valence-corrected chi connectivity index (χ1v) is 7.66. The van der Waals surface area contributed by atoms with Gasteiger partial charge in [-0.3, -0.25) is 9.78 Å². The maximum absolute atomic E-state index is 11.9. The van der Waals surface area contributed by atoms with Gasteiger partial charge in [-0.15, -0.1) is 0 Å². The summed E-state index contributed by atoms with van der Waals surface area (Å²) in [6.45, 7) is 2.99. The summed E-state index contributed by atoms with van der Waals surface area (Å²) in [5.41, 5.74) is 1.91. The first kappa shape index (κ1) is 18.1. The zero-order valence-corrected chi connectivity index (χ0v) is 13.7. The highest BCUT2D eigenvalue weighted by molar-refractivity contribution is 5.94. The number of rotatable bonds is 6. The van der Waals surface area contributed by atoms with Crippen molar-refractivity contribution in [3.8, 4) is 11.1 Å². The number of hydrogen-bond acceptors (Lipinski definition) is 5. The number of aliphatic hydroxyl groups excluding tert-OH is 2. The first-order chi connectivity index (χ1) is 11.3. The maximum Gasteiger partial charge on any atom is 0.251 e. The molecule has 4 N–H and O–H groups in total. The zero-order chi connectivity index (χ0) is 17.7. The summed E-state index contributed by atoms with van der Waals surface area (Å²) in [4.78, 5) is 16.1. The van der Waals surface area contributed by atoms with Crippen LogP contribution >= 0.6 is 0 Å². The molecule has 0 unspecified atom stereocenters. The molecule has 6 heteroatoms. The van der Waals surface area contributed by atoms with Gasteiger partial charge in [-0.05, 0) is 37.6 Å². The average Bonchev–Trinajstić information content (AvgIpc) is 2.59. The van der Waals surface area contributed by atoms with Crippen LogP contribution in [-0.2, 0) is 5.60 Å². The van der Waals surface area contributed by atoms with Crippen molar-refractivity contribution in [3.05, 3.63) is 53.9 Å². The lowest BCUT2D eigenvalue weighted by Gasteiger charge is -2.18.